The number of hydrogen-bond donors (Lipinski definition) is 2. The number of nitrogens with two attached hydrogens (primary N) is 1. The van der Waals surface area contributed by atoms with E-state index in [1.807, 2.05) is 6.07 Å². The fraction of sp³-hybridized carbons (Fsp3) is 0.667. The molecule has 1 unspecified atom stereocenters. The molecule has 1 aliphatic carbocycles. The second kappa shape index (κ2) is 6.33. The molecule has 3 nitrogen and oxygen atoms in total. The predicted molar refractivity (Wildman–Crippen MR) is 80.6 cm³/mol. The summed E-state index contributed by atoms with van der Waals surface area (Å²) >= 11 is 3.41. The number of aliphatic hydroxyl groups excluding tert-OH is 1. The Hall–Kier alpha value is -0.450. The number of pyridine rings is 1. The third-order valence-electron chi connectivity index (χ3n) is 4.71. The molecule has 4 heteroatoms. The average molecular weight is 327 g/mol. The number of rotatable bonds is 4. The molecule has 0 aliphatic heterocycles. The van der Waals surface area contributed by atoms with E-state index in [0.29, 0.717) is 6.54 Å². The molecule has 1 heterocycles. The lowest BCUT2D eigenvalue weighted by atomic mass is 9.65. The molecule has 1 aromatic heterocycles. The molecule has 1 fully saturated rings. The Kier molecular flexibility index (Phi) is 4.98. The maximum Gasteiger partial charge on any atom is 0.0873 e. The minimum atomic E-state index is -0.514. The lowest BCUT2D eigenvalue weighted by molar-refractivity contribution is -0.0105. The summed E-state index contributed by atoms with van der Waals surface area (Å²) in [7, 11) is 0. The van der Waals surface area contributed by atoms with Crippen molar-refractivity contribution in [2.24, 2.45) is 17.1 Å². The van der Waals surface area contributed by atoms with Gasteiger partial charge < -0.3 is 10.8 Å². The van der Waals surface area contributed by atoms with Crippen LogP contribution in [0.4, 0.5) is 0 Å². The maximum atomic E-state index is 10.7. The lowest BCUT2D eigenvalue weighted by Gasteiger charge is -2.42. The molecule has 1 aromatic rings. The van der Waals surface area contributed by atoms with E-state index in [1.165, 1.54) is 19.3 Å². The van der Waals surface area contributed by atoms with Crippen LogP contribution in [0.2, 0.25) is 0 Å². The van der Waals surface area contributed by atoms with Crippen LogP contribution in [0, 0.1) is 11.3 Å². The molecule has 0 amide bonds. The summed E-state index contributed by atoms with van der Waals surface area (Å²) in [5.41, 5.74) is 6.71. The Bertz CT molecular complexity index is 416. The highest BCUT2D eigenvalue weighted by molar-refractivity contribution is 9.10. The summed E-state index contributed by atoms with van der Waals surface area (Å²) in [4.78, 5) is 4.15. The highest BCUT2D eigenvalue weighted by Crippen LogP contribution is 2.47. The normalized spacial score (nSPS) is 29.2. The summed E-state index contributed by atoms with van der Waals surface area (Å²) in [6, 6.07) is 1.95. The minimum absolute atomic E-state index is 0.172. The summed E-state index contributed by atoms with van der Waals surface area (Å²) in [5, 5.41) is 10.7. The Morgan fingerprint density at radius 1 is 1.47 bits per heavy atom. The van der Waals surface area contributed by atoms with Crippen LogP contribution in [0.25, 0.3) is 0 Å². The van der Waals surface area contributed by atoms with Crippen molar-refractivity contribution < 1.29 is 5.11 Å². The van der Waals surface area contributed by atoms with Gasteiger partial charge in [-0.25, -0.2) is 0 Å². The first kappa shape index (κ1) is 14.9. The van der Waals surface area contributed by atoms with E-state index in [1.54, 1.807) is 12.4 Å². The number of aliphatic hydroxyl groups is 1. The highest BCUT2D eigenvalue weighted by Gasteiger charge is 2.40. The van der Waals surface area contributed by atoms with Gasteiger partial charge in [-0.15, -0.1) is 0 Å². The Morgan fingerprint density at radius 3 is 2.68 bits per heavy atom. The topological polar surface area (TPSA) is 59.1 Å². The van der Waals surface area contributed by atoms with Crippen molar-refractivity contribution >= 4 is 15.9 Å². The van der Waals surface area contributed by atoms with Crippen molar-refractivity contribution in [2.75, 3.05) is 6.54 Å². The van der Waals surface area contributed by atoms with Crippen LogP contribution in [0.1, 0.15) is 50.7 Å². The van der Waals surface area contributed by atoms with Gasteiger partial charge in [-0.2, -0.15) is 0 Å². The number of hydrogen-bond acceptors (Lipinski definition) is 3. The second-order valence-corrected chi connectivity index (χ2v) is 6.67. The van der Waals surface area contributed by atoms with Crippen LogP contribution in [0.15, 0.2) is 22.9 Å². The first-order chi connectivity index (χ1) is 9.11. The van der Waals surface area contributed by atoms with E-state index in [0.717, 1.165) is 28.8 Å². The molecule has 19 heavy (non-hydrogen) atoms. The predicted octanol–water partition coefficient (Wildman–Crippen LogP) is 3.42. The van der Waals surface area contributed by atoms with Gasteiger partial charge in [0.05, 0.1) is 6.10 Å². The first-order valence-electron chi connectivity index (χ1n) is 7.10. The summed E-state index contributed by atoms with van der Waals surface area (Å²) in [6.07, 6.45) is 8.57. The van der Waals surface area contributed by atoms with Gasteiger partial charge in [0.25, 0.3) is 0 Å². The smallest absolute Gasteiger partial charge is 0.0873 e. The second-order valence-electron chi connectivity index (χ2n) is 5.76. The van der Waals surface area contributed by atoms with Crippen LogP contribution in [0.3, 0.4) is 0 Å². The van der Waals surface area contributed by atoms with Crippen LogP contribution < -0.4 is 5.73 Å². The fourth-order valence-corrected chi connectivity index (χ4v) is 3.56. The van der Waals surface area contributed by atoms with E-state index in [4.69, 9.17) is 5.73 Å². The minimum Gasteiger partial charge on any atom is -0.388 e. The van der Waals surface area contributed by atoms with Crippen molar-refractivity contribution in [1.82, 2.24) is 4.98 Å². The van der Waals surface area contributed by atoms with Crippen molar-refractivity contribution in [3.63, 3.8) is 0 Å². The Labute approximate surface area is 123 Å². The van der Waals surface area contributed by atoms with E-state index in [9.17, 15) is 5.11 Å². The Morgan fingerprint density at radius 2 is 2.16 bits per heavy atom. The first-order valence-corrected chi connectivity index (χ1v) is 7.89. The molecule has 0 saturated heterocycles. The molecule has 106 valence electrons. The van der Waals surface area contributed by atoms with Gasteiger partial charge in [0.15, 0.2) is 0 Å². The monoisotopic (exact) mass is 326 g/mol. The largest absolute Gasteiger partial charge is 0.388 e. The van der Waals surface area contributed by atoms with Crippen LogP contribution in [-0.4, -0.2) is 16.6 Å². The molecule has 3 N–H and O–H groups in total. The maximum absolute atomic E-state index is 10.7. The van der Waals surface area contributed by atoms with Crippen molar-refractivity contribution in [2.45, 2.75) is 45.1 Å². The lowest BCUT2D eigenvalue weighted by Crippen LogP contribution is -2.40. The third-order valence-corrected chi connectivity index (χ3v) is 5.14. The third kappa shape index (κ3) is 3.18. The number of nitrogens with zero attached hydrogens (tertiary/aromatic N) is 1. The standard InChI is InChI=1S/C15H23BrN2O/c1-2-11-3-5-15(10-17,6-4-11)14(19)12-7-13(16)9-18-8-12/h7-9,11,14,19H,2-6,10,17H2,1H3. The molecule has 2 rings (SSSR count). The Balaban J connectivity index is 2.17. The molecule has 1 saturated carbocycles. The van der Waals surface area contributed by atoms with E-state index in [2.05, 4.69) is 27.8 Å². The molecule has 1 atom stereocenters. The SMILES string of the molecule is CCC1CCC(CN)(C(O)c2cncc(Br)c2)CC1. The van der Waals surface area contributed by atoms with Gasteiger partial charge in [0, 0.05) is 34.4 Å². The quantitative estimate of drug-likeness (QED) is 0.891. The summed E-state index contributed by atoms with van der Waals surface area (Å²) in [5.74, 6) is 0.799. The van der Waals surface area contributed by atoms with E-state index < -0.39 is 6.10 Å². The van der Waals surface area contributed by atoms with Gasteiger partial charge in [-0.05, 0) is 53.6 Å². The summed E-state index contributed by atoms with van der Waals surface area (Å²) in [6.45, 7) is 2.78. The zero-order chi connectivity index (χ0) is 13.9. The molecular formula is C15H23BrN2O. The highest BCUT2D eigenvalue weighted by atomic mass is 79.9. The average Bonchev–Trinajstić information content (AvgIpc) is 2.46. The van der Waals surface area contributed by atoms with Gasteiger partial charge in [0.2, 0.25) is 0 Å². The van der Waals surface area contributed by atoms with Gasteiger partial charge in [-0.3, -0.25) is 4.98 Å². The number of aromatic nitrogens is 1. The van der Waals surface area contributed by atoms with Gasteiger partial charge in [-0.1, -0.05) is 13.3 Å². The number of halogens is 1. The molecule has 0 spiro atoms. The van der Waals surface area contributed by atoms with Gasteiger partial charge in [0.1, 0.15) is 0 Å². The van der Waals surface area contributed by atoms with Crippen molar-refractivity contribution in [1.29, 1.82) is 0 Å². The molecular weight excluding hydrogens is 304 g/mol. The van der Waals surface area contributed by atoms with Gasteiger partial charge >= 0.3 is 0 Å². The molecule has 0 aromatic carbocycles. The van der Waals surface area contributed by atoms with Crippen LogP contribution >= 0.6 is 15.9 Å². The van der Waals surface area contributed by atoms with Crippen LogP contribution in [-0.2, 0) is 0 Å². The fourth-order valence-electron chi connectivity index (χ4n) is 3.18. The van der Waals surface area contributed by atoms with Crippen molar-refractivity contribution in [3.8, 4) is 0 Å². The van der Waals surface area contributed by atoms with E-state index in [-0.39, 0.29) is 5.41 Å². The molecule has 0 bridgehead atoms. The molecule has 0 radical (unpaired) electrons. The van der Waals surface area contributed by atoms with E-state index >= 15 is 0 Å². The molecule has 1 aliphatic rings. The zero-order valence-corrected chi connectivity index (χ0v) is 13.1. The van der Waals surface area contributed by atoms with Crippen molar-refractivity contribution in [3.05, 3.63) is 28.5 Å². The zero-order valence-electron chi connectivity index (χ0n) is 11.5. The summed E-state index contributed by atoms with van der Waals surface area (Å²) < 4.78 is 0.901. The van der Waals surface area contributed by atoms with Crippen LogP contribution in [0.5, 0.6) is 0 Å².